The molecule has 5 nitrogen and oxygen atoms in total. The van der Waals surface area contributed by atoms with Gasteiger partial charge in [0.15, 0.2) is 5.82 Å². The minimum atomic E-state index is 0.491. The van der Waals surface area contributed by atoms with Gasteiger partial charge in [-0.3, -0.25) is 0 Å². The van der Waals surface area contributed by atoms with Crippen molar-refractivity contribution in [1.82, 2.24) is 10.1 Å². The summed E-state index contributed by atoms with van der Waals surface area (Å²) in [6, 6.07) is 7.30. The van der Waals surface area contributed by atoms with Crippen LogP contribution in [0.4, 0.5) is 5.69 Å². The predicted molar refractivity (Wildman–Crippen MR) is 59.1 cm³/mol. The Morgan fingerprint density at radius 3 is 3.00 bits per heavy atom. The van der Waals surface area contributed by atoms with E-state index in [9.17, 15) is 0 Å². The highest BCUT2D eigenvalue weighted by atomic mass is 16.5. The number of anilines is 1. The summed E-state index contributed by atoms with van der Waals surface area (Å²) in [5, 5.41) is 3.69. The number of nitrogens with zero attached hydrogens (tertiary/aromatic N) is 2. The van der Waals surface area contributed by atoms with Gasteiger partial charge in [0, 0.05) is 11.8 Å². The van der Waals surface area contributed by atoms with E-state index in [1.807, 2.05) is 18.2 Å². The quantitative estimate of drug-likeness (QED) is 0.790. The Hall–Kier alpha value is -2.04. The first kappa shape index (κ1) is 10.5. The number of hydrogen-bond acceptors (Lipinski definition) is 5. The summed E-state index contributed by atoms with van der Waals surface area (Å²) in [6.45, 7) is 2.27. The van der Waals surface area contributed by atoms with Crippen LogP contribution in [0.15, 0.2) is 28.8 Å². The number of rotatable bonds is 4. The maximum absolute atomic E-state index is 5.62. The molecule has 0 unspecified atom stereocenters. The lowest BCUT2D eigenvalue weighted by Crippen LogP contribution is -2.01. The molecule has 16 heavy (non-hydrogen) atoms. The molecule has 0 aliphatic carbocycles. The van der Waals surface area contributed by atoms with Crippen LogP contribution in [0.5, 0.6) is 5.75 Å². The van der Waals surface area contributed by atoms with E-state index in [4.69, 9.17) is 15.0 Å². The average Bonchev–Trinajstić information content (AvgIpc) is 2.64. The number of nitrogen functional groups attached to an aromatic ring is 1. The zero-order valence-electron chi connectivity index (χ0n) is 9.01. The molecular formula is C11H13N3O2. The van der Waals surface area contributed by atoms with Crippen molar-refractivity contribution in [2.75, 3.05) is 12.3 Å². The molecule has 0 radical (unpaired) electrons. The van der Waals surface area contributed by atoms with E-state index in [2.05, 4.69) is 10.1 Å². The molecule has 1 aromatic heterocycles. The Bertz CT molecular complexity index is 468. The van der Waals surface area contributed by atoms with Crippen molar-refractivity contribution in [3.05, 3.63) is 36.0 Å². The van der Waals surface area contributed by atoms with Crippen molar-refractivity contribution >= 4 is 5.69 Å². The maximum atomic E-state index is 5.62. The molecule has 0 atom stereocenters. The summed E-state index contributed by atoms with van der Waals surface area (Å²) in [4.78, 5) is 4.08. The molecule has 1 heterocycles. The zero-order chi connectivity index (χ0) is 11.4. The highest BCUT2D eigenvalue weighted by Crippen LogP contribution is 2.14. The first-order valence-corrected chi connectivity index (χ1v) is 5.01. The third-order valence-electron chi connectivity index (χ3n) is 2.01. The molecule has 84 valence electrons. The van der Waals surface area contributed by atoms with Crippen LogP contribution in [0.2, 0.25) is 0 Å². The van der Waals surface area contributed by atoms with Crippen molar-refractivity contribution in [2.45, 2.75) is 13.3 Å². The number of hydrogen-bond donors (Lipinski definition) is 1. The predicted octanol–water partition coefficient (Wildman–Crippen LogP) is 1.58. The van der Waals surface area contributed by atoms with Crippen molar-refractivity contribution in [3.8, 4) is 5.75 Å². The van der Waals surface area contributed by atoms with Crippen LogP contribution in [-0.4, -0.2) is 16.7 Å². The van der Waals surface area contributed by atoms with Crippen LogP contribution >= 0.6 is 0 Å². The standard InChI is InChI=1S/C11H13N3O2/c1-8-13-11(16-14-8)5-6-15-10-4-2-3-9(12)7-10/h2-4,7H,5-6,12H2,1H3. The molecular weight excluding hydrogens is 206 g/mol. The van der Waals surface area contributed by atoms with E-state index in [1.54, 1.807) is 13.0 Å². The second-order valence-corrected chi connectivity index (χ2v) is 3.41. The van der Waals surface area contributed by atoms with Crippen molar-refractivity contribution in [3.63, 3.8) is 0 Å². The van der Waals surface area contributed by atoms with E-state index in [-0.39, 0.29) is 0 Å². The SMILES string of the molecule is Cc1noc(CCOc2cccc(N)c2)n1. The van der Waals surface area contributed by atoms with Gasteiger partial charge < -0.3 is 15.0 Å². The third-order valence-corrected chi connectivity index (χ3v) is 2.01. The lowest BCUT2D eigenvalue weighted by Gasteiger charge is -2.04. The number of aryl methyl sites for hydroxylation is 1. The molecule has 0 saturated carbocycles. The Balaban J connectivity index is 1.84. The minimum Gasteiger partial charge on any atom is -0.493 e. The monoisotopic (exact) mass is 219 g/mol. The smallest absolute Gasteiger partial charge is 0.230 e. The molecule has 5 heteroatoms. The fourth-order valence-corrected chi connectivity index (χ4v) is 1.30. The first-order chi connectivity index (χ1) is 7.74. The lowest BCUT2D eigenvalue weighted by molar-refractivity contribution is 0.292. The fourth-order valence-electron chi connectivity index (χ4n) is 1.30. The highest BCUT2D eigenvalue weighted by molar-refractivity contribution is 5.43. The second kappa shape index (κ2) is 4.65. The third kappa shape index (κ3) is 2.73. The topological polar surface area (TPSA) is 74.2 Å². The lowest BCUT2D eigenvalue weighted by atomic mass is 10.3. The molecule has 2 aromatic rings. The van der Waals surface area contributed by atoms with E-state index in [0.717, 1.165) is 5.75 Å². The van der Waals surface area contributed by atoms with Crippen LogP contribution in [0.25, 0.3) is 0 Å². The molecule has 0 bridgehead atoms. The number of nitrogens with two attached hydrogens (primary N) is 1. The van der Waals surface area contributed by atoms with Gasteiger partial charge >= 0.3 is 0 Å². The second-order valence-electron chi connectivity index (χ2n) is 3.41. The number of benzene rings is 1. The van der Waals surface area contributed by atoms with Gasteiger partial charge in [0.2, 0.25) is 5.89 Å². The van der Waals surface area contributed by atoms with Gasteiger partial charge in [-0.15, -0.1) is 0 Å². The highest BCUT2D eigenvalue weighted by Gasteiger charge is 2.02. The largest absolute Gasteiger partial charge is 0.493 e. The molecule has 0 saturated heterocycles. The fraction of sp³-hybridized carbons (Fsp3) is 0.273. The molecule has 2 rings (SSSR count). The average molecular weight is 219 g/mol. The molecule has 0 amide bonds. The summed E-state index contributed by atoms with van der Waals surface area (Å²) in [5.74, 6) is 1.97. The van der Waals surface area contributed by atoms with Crippen LogP contribution in [0.3, 0.4) is 0 Å². The van der Waals surface area contributed by atoms with Crippen LogP contribution in [0.1, 0.15) is 11.7 Å². The van der Waals surface area contributed by atoms with Crippen LogP contribution in [0, 0.1) is 6.92 Å². The van der Waals surface area contributed by atoms with Crippen molar-refractivity contribution in [2.24, 2.45) is 0 Å². The molecule has 0 spiro atoms. The molecule has 0 aliphatic heterocycles. The van der Waals surface area contributed by atoms with E-state index in [0.29, 0.717) is 30.4 Å². The Morgan fingerprint density at radius 2 is 2.31 bits per heavy atom. The van der Waals surface area contributed by atoms with Gasteiger partial charge in [-0.05, 0) is 19.1 Å². The minimum absolute atomic E-state index is 0.491. The molecule has 0 fully saturated rings. The molecule has 2 N–H and O–H groups in total. The number of aromatic nitrogens is 2. The molecule has 0 aliphatic rings. The van der Waals surface area contributed by atoms with E-state index < -0.39 is 0 Å². The van der Waals surface area contributed by atoms with E-state index in [1.165, 1.54) is 0 Å². The maximum Gasteiger partial charge on any atom is 0.230 e. The van der Waals surface area contributed by atoms with Gasteiger partial charge in [-0.25, -0.2) is 0 Å². The summed E-state index contributed by atoms with van der Waals surface area (Å²) >= 11 is 0. The zero-order valence-corrected chi connectivity index (χ0v) is 9.01. The van der Waals surface area contributed by atoms with Gasteiger partial charge in [0.1, 0.15) is 5.75 Å². The summed E-state index contributed by atoms with van der Waals surface area (Å²) in [7, 11) is 0. The van der Waals surface area contributed by atoms with E-state index >= 15 is 0 Å². The Kier molecular flexibility index (Phi) is 3.05. The first-order valence-electron chi connectivity index (χ1n) is 5.01. The summed E-state index contributed by atoms with van der Waals surface area (Å²) in [6.07, 6.45) is 0.593. The van der Waals surface area contributed by atoms with Gasteiger partial charge in [0.25, 0.3) is 0 Å². The van der Waals surface area contributed by atoms with Gasteiger partial charge in [-0.2, -0.15) is 4.98 Å². The summed E-state index contributed by atoms with van der Waals surface area (Å²) in [5.41, 5.74) is 6.31. The number of ether oxygens (including phenoxy) is 1. The summed E-state index contributed by atoms with van der Waals surface area (Å²) < 4.78 is 10.5. The van der Waals surface area contributed by atoms with Gasteiger partial charge in [-0.1, -0.05) is 11.2 Å². The molecule has 1 aromatic carbocycles. The van der Waals surface area contributed by atoms with Gasteiger partial charge in [0.05, 0.1) is 13.0 Å². The van der Waals surface area contributed by atoms with Crippen molar-refractivity contribution in [1.29, 1.82) is 0 Å². The normalized spacial score (nSPS) is 10.3. The van der Waals surface area contributed by atoms with Crippen LogP contribution < -0.4 is 10.5 Å². The van der Waals surface area contributed by atoms with Crippen LogP contribution in [-0.2, 0) is 6.42 Å². The van der Waals surface area contributed by atoms with Crippen molar-refractivity contribution < 1.29 is 9.26 Å². The Labute approximate surface area is 93.2 Å². The Morgan fingerprint density at radius 1 is 1.44 bits per heavy atom.